The van der Waals surface area contributed by atoms with Gasteiger partial charge in [0.15, 0.2) is 0 Å². The van der Waals surface area contributed by atoms with Crippen molar-refractivity contribution in [2.75, 3.05) is 0 Å². The Kier molecular flexibility index (Phi) is 5.24. The molecule has 0 radical (unpaired) electrons. The fourth-order valence-corrected chi connectivity index (χ4v) is 3.39. The van der Waals surface area contributed by atoms with Crippen LogP contribution in [0.25, 0.3) is 28.2 Å². The molecule has 9 heteroatoms. The molecule has 0 fully saturated rings. The number of alkyl halides is 3. The van der Waals surface area contributed by atoms with E-state index in [1.807, 2.05) is 0 Å². The van der Waals surface area contributed by atoms with E-state index in [9.17, 15) is 23.3 Å². The molecule has 1 heterocycles. The summed E-state index contributed by atoms with van der Waals surface area (Å²) in [5, 5.41) is 15.7. The molecule has 0 bridgehead atoms. The van der Waals surface area contributed by atoms with Gasteiger partial charge in [-0.1, -0.05) is 41.9 Å². The van der Waals surface area contributed by atoms with Gasteiger partial charge in [-0.2, -0.15) is 18.3 Å². The van der Waals surface area contributed by atoms with Crippen molar-refractivity contribution in [2.45, 2.75) is 6.18 Å². The molecule has 0 aliphatic rings. The summed E-state index contributed by atoms with van der Waals surface area (Å²) >= 11 is 5.89. The maximum atomic E-state index is 14.3. The predicted octanol–water partition coefficient (Wildman–Crippen LogP) is 6.79. The largest absolute Gasteiger partial charge is 0.420 e. The van der Waals surface area contributed by atoms with E-state index in [2.05, 4.69) is 5.10 Å². The smallest absolute Gasteiger partial charge is 0.258 e. The van der Waals surface area contributed by atoms with Gasteiger partial charge in [-0.3, -0.25) is 10.1 Å². The molecular formula is C22H13ClF3N3O2. The van der Waals surface area contributed by atoms with Crippen LogP contribution < -0.4 is 0 Å². The zero-order valence-electron chi connectivity index (χ0n) is 15.7. The third-order valence-electron chi connectivity index (χ3n) is 4.64. The van der Waals surface area contributed by atoms with Crippen molar-refractivity contribution in [1.29, 1.82) is 0 Å². The molecule has 5 nitrogen and oxygen atoms in total. The Labute approximate surface area is 179 Å². The molecule has 31 heavy (non-hydrogen) atoms. The van der Waals surface area contributed by atoms with E-state index >= 15 is 0 Å². The van der Waals surface area contributed by atoms with Gasteiger partial charge in [-0.15, -0.1) is 0 Å². The van der Waals surface area contributed by atoms with Gasteiger partial charge in [0, 0.05) is 28.3 Å². The fourth-order valence-electron chi connectivity index (χ4n) is 3.26. The van der Waals surface area contributed by atoms with E-state index in [0.29, 0.717) is 10.7 Å². The highest BCUT2D eigenvalue weighted by Crippen LogP contribution is 2.44. The van der Waals surface area contributed by atoms with E-state index in [1.54, 1.807) is 30.3 Å². The summed E-state index contributed by atoms with van der Waals surface area (Å²) < 4.78 is 44.1. The van der Waals surface area contributed by atoms with Gasteiger partial charge < -0.3 is 0 Å². The first-order chi connectivity index (χ1) is 14.8. The molecule has 1 aromatic heterocycles. The number of rotatable bonds is 4. The summed E-state index contributed by atoms with van der Waals surface area (Å²) in [6.45, 7) is 0. The number of halogens is 4. The zero-order chi connectivity index (χ0) is 22.2. The van der Waals surface area contributed by atoms with Crippen LogP contribution in [0.5, 0.6) is 0 Å². The minimum absolute atomic E-state index is 0.148. The summed E-state index contributed by atoms with van der Waals surface area (Å²) in [7, 11) is 0. The van der Waals surface area contributed by atoms with Crippen LogP contribution in [-0.2, 0) is 6.18 Å². The molecule has 0 amide bonds. The number of hydrogen-bond acceptors (Lipinski definition) is 3. The van der Waals surface area contributed by atoms with Crippen LogP contribution in [0.2, 0.25) is 5.02 Å². The van der Waals surface area contributed by atoms with Gasteiger partial charge in [-0.25, -0.2) is 4.68 Å². The van der Waals surface area contributed by atoms with Crippen molar-refractivity contribution in [2.24, 2.45) is 0 Å². The van der Waals surface area contributed by atoms with Crippen molar-refractivity contribution in [3.63, 3.8) is 0 Å². The molecule has 0 atom stereocenters. The number of nitro groups is 1. The Balaban J connectivity index is 2.05. The van der Waals surface area contributed by atoms with Crippen molar-refractivity contribution >= 4 is 17.3 Å². The first-order valence-electron chi connectivity index (χ1n) is 9.02. The molecule has 0 unspecified atom stereocenters. The van der Waals surface area contributed by atoms with E-state index in [1.165, 1.54) is 53.2 Å². The van der Waals surface area contributed by atoms with Crippen LogP contribution in [0.1, 0.15) is 5.56 Å². The van der Waals surface area contributed by atoms with Crippen molar-refractivity contribution < 1.29 is 18.1 Å². The summed E-state index contributed by atoms with van der Waals surface area (Å²) in [4.78, 5) is 10.4. The lowest BCUT2D eigenvalue weighted by Crippen LogP contribution is -2.08. The van der Waals surface area contributed by atoms with Crippen LogP contribution in [-0.4, -0.2) is 14.7 Å². The lowest BCUT2D eigenvalue weighted by atomic mass is 10.0. The number of nitrogens with zero attached hydrogens (tertiary/aromatic N) is 3. The second-order valence-electron chi connectivity index (χ2n) is 6.63. The normalized spacial score (nSPS) is 11.5. The Bertz CT molecular complexity index is 1240. The molecule has 156 valence electrons. The van der Waals surface area contributed by atoms with E-state index in [0.717, 1.165) is 0 Å². The second-order valence-corrected chi connectivity index (χ2v) is 7.06. The third-order valence-corrected chi connectivity index (χ3v) is 4.89. The molecule has 3 aromatic carbocycles. The summed E-state index contributed by atoms with van der Waals surface area (Å²) in [5.41, 5.74) is -0.820. The van der Waals surface area contributed by atoms with Crippen molar-refractivity contribution in [1.82, 2.24) is 9.78 Å². The first kappa shape index (κ1) is 20.6. The number of aromatic nitrogens is 2. The minimum Gasteiger partial charge on any atom is -0.258 e. The van der Waals surface area contributed by atoms with Crippen LogP contribution >= 0.6 is 11.6 Å². The number of nitro benzene ring substituents is 1. The lowest BCUT2D eigenvalue weighted by molar-refractivity contribution is -0.384. The number of para-hydroxylation sites is 1. The summed E-state index contributed by atoms with van der Waals surface area (Å²) in [6, 6.07) is 19.2. The standard InChI is InChI=1S/C22H13ClF3N3O2/c23-16-10-6-14(7-11-16)20-19(22(24,25)26)21(15-8-12-18(13-9-15)29(30)31)28(27-20)17-4-2-1-3-5-17/h1-13H. The first-order valence-corrected chi connectivity index (χ1v) is 9.40. The van der Waals surface area contributed by atoms with Gasteiger partial charge in [0.2, 0.25) is 0 Å². The minimum atomic E-state index is -4.74. The molecule has 0 N–H and O–H groups in total. The monoisotopic (exact) mass is 443 g/mol. The highest BCUT2D eigenvalue weighted by molar-refractivity contribution is 6.30. The average molecular weight is 444 g/mol. The quantitative estimate of drug-likeness (QED) is 0.258. The third kappa shape index (κ3) is 4.02. The molecule has 0 aliphatic carbocycles. The van der Waals surface area contributed by atoms with Gasteiger partial charge in [-0.05, 0) is 36.4 Å². The van der Waals surface area contributed by atoms with Gasteiger partial charge in [0.1, 0.15) is 11.3 Å². The summed E-state index contributed by atoms with van der Waals surface area (Å²) in [6.07, 6.45) is -4.74. The molecule has 4 rings (SSSR count). The SMILES string of the molecule is O=[N+]([O-])c1ccc(-c2c(C(F)(F)F)c(-c3ccc(Cl)cc3)nn2-c2ccccc2)cc1. The number of non-ortho nitro benzene ring substituents is 1. The van der Waals surface area contributed by atoms with Crippen molar-refractivity contribution in [3.05, 3.63) is 99.6 Å². The van der Waals surface area contributed by atoms with Crippen molar-refractivity contribution in [3.8, 4) is 28.2 Å². The van der Waals surface area contributed by atoms with E-state index in [-0.39, 0.29) is 28.2 Å². The van der Waals surface area contributed by atoms with Crippen LogP contribution in [0.3, 0.4) is 0 Å². The maximum absolute atomic E-state index is 14.3. The highest BCUT2D eigenvalue weighted by Gasteiger charge is 2.41. The topological polar surface area (TPSA) is 61.0 Å². The molecule has 0 aliphatic heterocycles. The van der Waals surface area contributed by atoms with Gasteiger partial charge in [0.25, 0.3) is 5.69 Å². The van der Waals surface area contributed by atoms with E-state index < -0.39 is 16.7 Å². The van der Waals surface area contributed by atoms with Gasteiger partial charge >= 0.3 is 6.18 Å². The second kappa shape index (κ2) is 7.88. The highest BCUT2D eigenvalue weighted by atomic mass is 35.5. The Morgan fingerprint density at radius 1 is 0.871 bits per heavy atom. The Morgan fingerprint density at radius 2 is 1.45 bits per heavy atom. The predicted molar refractivity (Wildman–Crippen MR) is 111 cm³/mol. The Hall–Kier alpha value is -3.65. The molecule has 4 aromatic rings. The fraction of sp³-hybridized carbons (Fsp3) is 0.0455. The zero-order valence-corrected chi connectivity index (χ0v) is 16.4. The molecule has 0 spiro atoms. The van der Waals surface area contributed by atoms with Crippen LogP contribution in [0.15, 0.2) is 78.9 Å². The van der Waals surface area contributed by atoms with E-state index in [4.69, 9.17) is 11.6 Å². The molecule has 0 saturated heterocycles. The van der Waals surface area contributed by atoms with Crippen LogP contribution in [0.4, 0.5) is 18.9 Å². The molecule has 0 saturated carbocycles. The number of hydrogen-bond donors (Lipinski definition) is 0. The van der Waals surface area contributed by atoms with Crippen LogP contribution in [0, 0.1) is 10.1 Å². The lowest BCUT2D eigenvalue weighted by Gasteiger charge is -2.12. The Morgan fingerprint density at radius 3 is 2.00 bits per heavy atom. The summed E-state index contributed by atoms with van der Waals surface area (Å²) in [5.74, 6) is 0. The average Bonchev–Trinajstić information content (AvgIpc) is 3.16. The van der Waals surface area contributed by atoms with Gasteiger partial charge in [0.05, 0.1) is 16.3 Å². The molecular weight excluding hydrogens is 431 g/mol. The number of benzene rings is 3. The maximum Gasteiger partial charge on any atom is 0.420 e.